The summed E-state index contributed by atoms with van der Waals surface area (Å²) < 4.78 is 1.95. The molecular weight excluding hydrogens is 226 g/mol. The van der Waals surface area contributed by atoms with Crippen LogP contribution >= 0.6 is 0 Å². The zero-order chi connectivity index (χ0) is 13.0. The number of aliphatic hydroxyl groups excluding tert-OH is 1. The lowest BCUT2D eigenvalue weighted by atomic mass is 10.1. The summed E-state index contributed by atoms with van der Waals surface area (Å²) >= 11 is 0. The van der Waals surface area contributed by atoms with Gasteiger partial charge in [0.15, 0.2) is 0 Å². The van der Waals surface area contributed by atoms with Crippen LogP contribution in [0.25, 0.3) is 0 Å². The molecule has 4 nitrogen and oxygen atoms in total. The molecule has 0 saturated carbocycles. The van der Waals surface area contributed by atoms with Crippen LogP contribution in [0.4, 0.5) is 0 Å². The average Bonchev–Trinajstić information content (AvgIpc) is 2.87. The molecule has 0 aliphatic heterocycles. The van der Waals surface area contributed by atoms with Crippen molar-refractivity contribution < 1.29 is 5.11 Å². The van der Waals surface area contributed by atoms with Crippen molar-refractivity contribution in [3.8, 4) is 6.07 Å². The van der Waals surface area contributed by atoms with Crippen LogP contribution in [0.1, 0.15) is 36.3 Å². The molecular formula is C14H15N3O. The Labute approximate surface area is 106 Å². The molecule has 18 heavy (non-hydrogen) atoms. The van der Waals surface area contributed by atoms with E-state index in [1.54, 1.807) is 6.20 Å². The predicted molar refractivity (Wildman–Crippen MR) is 67.7 cm³/mol. The van der Waals surface area contributed by atoms with Gasteiger partial charge in [-0.2, -0.15) is 5.26 Å². The maximum Gasteiger partial charge on any atom is 0.145 e. The van der Waals surface area contributed by atoms with Crippen molar-refractivity contribution in [2.75, 3.05) is 0 Å². The van der Waals surface area contributed by atoms with E-state index in [0.29, 0.717) is 18.7 Å². The third-order valence-corrected chi connectivity index (χ3v) is 2.89. The minimum absolute atomic E-state index is 0.421. The lowest BCUT2D eigenvalue weighted by Crippen LogP contribution is -2.01. The van der Waals surface area contributed by atoms with E-state index in [0.717, 1.165) is 11.1 Å². The van der Waals surface area contributed by atoms with Gasteiger partial charge < -0.3 is 9.67 Å². The van der Waals surface area contributed by atoms with E-state index < -0.39 is 6.10 Å². The van der Waals surface area contributed by atoms with Gasteiger partial charge >= 0.3 is 0 Å². The zero-order valence-electron chi connectivity index (χ0n) is 10.2. The summed E-state index contributed by atoms with van der Waals surface area (Å²) in [4.78, 5) is 4.03. The second kappa shape index (κ2) is 5.48. The molecule has 2 heterocycles. The Morgan fingerprint density at radius 1 is 1.50 bits per heavy atom. The van der Waals surface area contributed by atoms with Gasteiger partial charge in [-0.25, -0.2) is 4.98 Å². The number of hydrogen-bond donors (Lipinski definition) is 1. The summed E-state index contributed by atoms with van der Waals surface area (Å²) in [5.74, 6) is 0. The maximum atomic E-state index is 9.73. The van der Waals surface area contributed by atoms with Crippen molar-refractivity contribution in [3.63, 3.8) is 0 Å². The first-order valence-corrected chi connectivity index (χ1v) is 5.92. The van der Waals surface area contributed by atoms with Gasteiger partial charge in [0, 0.05) is 30.7 Å². The number of aliphatic hydroxyl groups is 1. The fourth-order valence-electron chi connectivity index (χ4n) is 1.85. The van der Waals surface area contributed by atoms with Crippen LogP contribution < -0.4 is 0 Å². The third-order valence-electron chi connectivity index (χ3n) is 2.89. The number of pyridine rings is 1. The standard InChI is InChI=1S/C14H15N3O/c1-2-14(18)12-5-7-17(10-12)9-11-4-3-6-16-13(11)8-15/h3-7,10,14,18H,2,9H2,1H3. The minimum atomic E-state index is -0.421. The van der Waals surface area contributed by atoms with Crippen molar-refractivity contribution in [2.45, 2.75) is 26.0 Å². The van der Waals surface area contributed by atoms with Gasteiger partial charge in [-0.15, -0.1) is 0 Å². The van der Waals surface area contributed by atoms with E-state index in [-0.39, 0.29) is 0 Å². The molecule has 0 saturated heterocycles. The maximum absolute atomic E-state index is 9.73. The van der Waals surface area contributed by atoms with Gasteiger partial charge in [0.05, 0.1) is 6.10 Å². The number of nitrogens with zero attached hydrogens (tertiary/aromatic N) is 3. The summed E-state index contributed by atoms with van der Waals surface area (Å²) in [7, 11) is 0. The van der Waals surface area contributed by atoms with E-state index in [9.17, 15) is 5.11 Å². The van der Waals surface area contributed by atoms with Crippen LogP contribution in [0.5, 0.6) is 0 Å². The second-order valence-electron chi connectivity index (χ2n) is 4.16. The first kappa shape index (κ1) is 12.3. The third kappa shape index (κ3) is 2.58. The number of aromatic nitrogens is 2. The van der Waals surface area contributed by atoms with Gasteiger partial charge in [-0.05, 0) is 24.1 Å². The summed E-state index contributed by atoms with van der Waals surface area (Å²) in [5, 5.41) is 18.7. The SMILES string of the molecule is CCC(O)c1ccn(Cc2cccnc2C#N)c1. The van der Waals surface area contributed by atoms with Crippen LogP contribution in [0.15, 0.2) is 36.8 Å². The largest absolute Gasteiger partial charge is 0.388 e. The van der Waals surface area contributed by atoms with Gasteiger partial charge in [0.1, 0.15) is 11.8 Å². The first-order chi connectivity index (χ1) is 8.74. The summed E-state index contributed by atoms with van der Waals surface area (Å²) in [6.45, 7) is 2.53. The highest BCUT2D eigenvalue weighted by Gasteiger charge is 2.08. The normalized spacial score (nSPS) is 12.1. The molecule has 0 amide bonds. The van der Waals surface area contributed by atoms with E-state index in [4.69, 9.17) is 5.26 Å². The lowest BCUT2D eigenvalue weighted by molar-refractivity contribution is 0.173. The molecule has 1 atom stereocenters. The van der Waals surface area contributed by atoms with E-state index >= 15 is 0 Å². The molecule has 2 aromatic heterocycles. The number of rotatable bonds is 4. The molecule has 4 heteroatoms. The van der Waals surface area contributed by atoms with Crippen LogP contribution in [0.3, 0.4) is 0 Å². The van der Waals surface area contributed by atoms with Gasteiger partial charge in [0.25, 0.3) is 0 Å². The highest BCUT2D eigenvalue weighted by atomic mass is 16.3. The van der Waals surface area contributed by atoms with Crippen molar-refractivity contribution in [1.82, 2.24) is 9.55 Å². The Kier molecular flexibility index (Phi) is 3.75. The highest BCUT2D eigenvalue weighted by molar-refractivity contribution is 5.31. The molecule has 0 aromatic carbocycles. The Morgan fingerprint density at radius 2 is 2.33 bits per heavy atom. The summed E-state index contributed by atoms with van der Waals surface area (Å²) in [6, 6.07) is 7.69. The molecule has 1 N–H and O–H groups in total. The predicted octanol–water partition coefficient (Wildman–Crippen LogP) is 2.25. The molecule has 2 rings (SSSR count). The second-order valence-corrected chi connectivity index (χ2v) is 4.16. The molecule has 92 valence electrons. The van der Waals surface area contributed by atoms with E-state index in [1.165, 1.54) is 0 Å². The van der Waals surface area contributed by atoms with Crippen molar-refractivity contribution in [1.29, 1.82) is 5.26 Å². The van der Waals surface area contributed by atoms with Crippen LogP contribution in [0, 0.1) is 11.3 Å². The molecule has 2 aromatic rings. The molecule has 0 spiro atoms. The lowest BCUT2D eigenvalue weighted by Gasteiger charge is -2.06. The smallest absolute Gasteiger partial charge is 0.145 e. The van der Waals surface area contributed by atoms with Crippen LogP contribution in [-0.2, 0) is 6.54 Å². The quantitative estimate of drug-likeness (QED) is 0.893. The number of hydrogen-bond acceptors (Lipinski definition) is 3. The molecule has 0 aliphatic carbocycles. The topological polar surface area (TPSA) is 61.8 Å². The fraction of sp³-hybridized carbons (Fsp3) is 0.286. The van der Waals surface area contributed by atoms with E-state index in [1.807, 2.05) is 42.1 Å². The molecule has 0 aliphatic rings. The summed E-state index contributed by atoms with van der Waals surface area (Å²) in [6.07, 6.45) is 5.70. The monoisotopic (exact) mass is 241 g/mol. The Balaban J connectivity index is 2.19. The molecule has 0 fully saturated rings. The average molecular weight is 241 g/mol. The highest BCUT2D eigenvalue weighted by Crippen LogP contribution is 2.17. The Bertz CT molecular complexity index is 568. The Hall–Kier alpha value is -2.12. The van der Waals surface area contributed by atoms with Gasteiger partial charge in [-0.1, -0.05) is 13.0 Å². The molecule has 0 bridgehead atoms. The van der Waals surface area contributed by atoms with Gasteiger partial charge in [-0.3, -0.25) is 0 Å². The van der Waals surface area contributed by atoms with Gasteiger partial charge in [0.2, 0.25) is 0 Å². The molecule has 0 radical (unpaired) electrons. The number of nitriles is 1. The van der Waals surface area contributed by atoms with Crippen molar-refractivity contribution in [2.24, 2.45) is 0 Å². The molecule has 1 unspecified atom stereocenters. The van der Waals surface area contributed by atoms with Crippen molar-refractivity contribution >= 4 is 0 Å². The van der Waals surface area contributed by atoms with Crippen LogP contribution in [0.2, 0.25) is 0 Å². The fourth-order valence-corrected chi connectivity index (χ4v) is 1.85. The minimum Gasteiger partial charge on any atom is -0.388 e. The first-order valence-electron chi connectivity index (χ1n) is 5.92. The van der Waals surface area contributed by atoms with E-state index in [2.05, 4.69) is 11.1 Å². The van der Waals surface area contributed by atoms with Crippen LogP contribution in [-0.4, -0.2) is 14.7 Å². The van der Waals surface area contributed by atoms with Crippen molar-refractivity contribution in [3.05, 3.63) is 53.6 Å². The Morgan fingerprint density at radius 3 is 3.06 bits per heavy atom. The zero-order valence-corrected chi connectivity index (χ0v) is 10.2. The summed E-state index contributed by atoms with van der Waals surface area (Å²) in [5.41, 5.74) is 2.23.